The Bertz CT molecular complexity index is 285. The molecule has 0 bridgehead atoms. The van der Waals surface area contributed by atoms with Crippen LogP contribution in [0.25, 0.3) is 0 Å². The number of hydrogen-bond acceptors (Lipinski definition) is 0. The van der Waals surface area contributed by atoms with E-state index >= 15 is 0 Å². The number of hydrogen-bond donors (Lipinski definition) is 0. The molecule has 0 saturated carbocycles. The molecule has 0 aliphatic heterocycles. The van der Waals surface area contributed by atoms with Gasteiger partial charge < -0.3 is 0 Å². The zero-order valence-electron chi connectivity index (χ0n) is 10.6. The second-order valence-corrected chi connectivity index (χ2v) is 4.99. The van der Waals surface area contributed by atoms with Crippen LogP contribution in [0, 0.1) is 5.92 Å². The molecular formula is C15H24. The molecule has 0 saturated heterocycles. The lowest BCUT2D eigenvalue weighted by Gasteiger charge is -2.21. The summed E-state index contributed by atoms with van der Waals surface area (Å²) in [6, 6.07) is 0. The van der Waals surface area contributed by atoms with Crippen LogP contribution in [0.2, 0.25) is 0 Å². The highest BCUT2D eigenvalue weighted by Gasteiger charge is 2.13. The zero-order valence-corrected chi connectivity index (χ0v) is 10.6. The Balaban J connectivity index is 2.47. The van der Waals surface area contributed by atoms with Crippen LogP contribution in [0.15, 0.2) is 34.9 Å². The number of rotatable bonds is 3. The van der Waals surface area contributed by atoms with Gasteiger partial charge in [0.1, 0.15) is 0 Å². The smallest absolute Gasteiger partial charge is 0.0164 e. The number of allylic oxidation sites excluding steroid dienone is 6. The molecule has 0 amide bonds. The molecule has 1 aliphatic rings. The molecule has 1 rings (SSSR count). The molecule has 1 aliphatic carbocycles. The highest BCUT2D eigenvalue weighted by Crippen LogP contribution is 2.28. The molecule has 0 aromatic heterocycles. The third-order valence-corrected chi connectivity index (χ3v) is 3.25. The van der Waals surface area contributed by atoms with Gasteiger partial charge in [0, 0.05) is 0 Å². The largest absolute Gasteiger partial charge is 0.0850 e. The Morgan fingerprint density at radius 1 is 1.33 bits per heavy atom. The molecule has 0 nitrogen and oxygen atoms in total. The quantitative estimate of drug-likeness (QED) is 0.565. The molecular weight excluding hydrogens is 180 g/mol. The van der Waals surface area contributed by atoms with Crippen molar-refractivity contribution in [3.63, 3.8) is 0 Å². The molecule has 0 aromatic carbocycles. The van der Waals surface area contributed by atoms with Crippen molar-refractivity contribution in [2.45, 2.75) is 53.4 Å². The van der Waals surface area contributed by atoms with Crippen LogP contribution in [0.3, 0.4) is 0 Å². The first-order valence-electron chi connectivity index (χ1n) is 6.05. The van der Waals surface area contributed by atoms with Crippen LogP contribution in [0.1, 0.15) is 53.4 Å². The van der Waals surface area contributed by atoms with Crippen LogP contribution in [0.5, 0.6) is 0 Å². The summed E-state index contributed by atoms with van der Waals surface area (Å²) < 4.78 is 0. The van der Waals surface area contributed by atoms with Crippen molar-refractivity contribution in [2.24, 2.45) is 5.92 Å². The van der Waals surface area contributed by atoms with Crippen LogP contribution >= 0.6 is 0 Å². The lowest BCUT2D eigenvalue weighted by molar-refractivity contribution is 0.537. The minimum atomic E-state index is 0.805. The highest BCUT2D eigenvalue weighted by atomic mass is 14.2. The van der Waals surface area contributed by atoms with Gasteiger partial charge in [-0.15, -0.1) is 0 Å². The average Bonchev–Trinajstić information content (AvgIpc) is 2.18. The Labute approximate surface area is 94.8 Å². The highest BCUT2D eigenvalue weighted by molar-refractivity contribution is 5.14. The standard InChI is InChI=1S/C15H24/c1-12(2)6-5-7-14(4)15-10-8-13(3)9-11-15/h6-8,15H,5,9-11H2,1-4H3/b14-7-/t15-/m0/s1. The molecule has 84 valence electrons. The van der Waals surface area contributed by atoms with E-state index in [9.17, 15) is 0 Å². The van der Waals surface area contributed by atoms with Gasteiger partial charge in [-0.05, 0) is 59.3 Å². The van der Waals surface area contributed by atoms with E-state index in [1.165, 1.54) is 24.8 Å². The fraction of sp³-hybridized carbons (Fsp3) is 0.600. The van der Waals surface area contributed by atoms with Gasteiger partial charge in [0.25, 0.3) is 0 Å². The van der Waals surface area contributed by atoms with Crippen LogP contribution in [0.4, 0.5) is 0 Å². The van der Waals surface area contributed by atoms with E-state index in [4.69, 9.17) is 0 Å². The van der Waals surface area contributed by atoms with E-state index in [0.29, 0.717) is 0 Å². The third kappa shape index (κ3) is 4.51. The normalized spacial score (nSPS) is 22.3. The summed E-state index contributed by atoms with van der Waals surface area (Å²) in [4.78, 5) is 0. The summed E-state index contributed by atoms with van der Waals surface area (Å²) in [7, 11) is 0. The Morgan fingerprint density at radius 3 is 2.60 bits per heavy atom. The summed E-state index contributed by atoms with van der Waals surface area (Å²) in [5.41, 5.74) is 4.57. The summed E-state index contributed by atoms with van der Waals surface area (Å²) >= 11 is 0. The van der Waals surface area contributed by atoms with Gasteiger partial charge in [-0.2, -0.15) is 0 Å². The Morgan fingerprint density at radius 2 is 2.07 bits per heavy atom. The van der Waals surface area contributed by atoms with E-state index in [1.54, 1.807) is 11.1 Å². The monoisotopic (exact) mass is 204 g/mol. The van der Waals surface area contributed by atoms with E-state index in [1.807, 2.05) is 0 Å². The Hall–Kier alpha value is -0.780. The molecule has 0 spiro atoms. The SMILES string of the molecule is CC(C)=CC/C=C(/C)[C@H]1CC=C(C)CC1. The Kier molecular flexibility index (Phi) is 4.87. The third-order valence-electron chi connectivity index (χ3n) is 3.25. The predicted octanol–water partition coefficient (Wildman–Crippen LogP) is 5.04. The van der Waals surface area contributed by atoms with Gasteiger partial charge in [-0.3, -0.25) is 0 Å². The van der Waals surface area contributed by atoms with E-state index in [0.717, 1.165) is 12.3 Å². The first-order valence-corrected chi connectivity index (χ1v) is 6.05. The molecule has 0 heterocycles. The molecule has 0 aromatic rings. The predicted molar refractivity (Wildman–Crippen MR) is 68.9 cm³/mol. The van der Waals surface area contributed by atoms with Crippen molar-refractivity contribution in [3.05, 3.63) is 34.9 Å². The molecule has 0 radical (unpaired) electrons. The summed E-state index contributed by atoms with van der Waals surface area (Å²) in [6.45, 7) is 8.86. The molecule has 1 atom stereocenters. The maximum atomic E-state index is 2.41. The van der Waals surface area contributed by atoms with Crippen molar-refractivity contribution in [2.75, 3.05) is 0 Å². The summed E-state index contributed by atoms with van der Waals surface area (Å²) in [6.07, 6.45) is 12.1. The first-order chi connectivity index (χ1) is 7.09. The maximum absolute atomic E-state index is 2.41. The van der Waals surface area contributed by atoms with Crippen molar-refractivity contribution < 1.29 is 0 Å². The fourth-order valence-corrected chi connectivity index (χ4v) is 2.03. The molecule has 0 fully saturated rings. The van der Waals surface area contributed by atoms with E-state index < -0.39 is 0 Å². The second kappa shape index (κ2) is 5.95. The molecule has 0 heteroatoms. The maximum Gasteiger partial charge on any atom is -0.0164 e. The zero-order chi connectivity index (χ0) is 11.3. The molecule has 0 N–H and O–H groups in total. The van der Waals surface area contributed by atoms with Gasteiger partial charge in [0.15, 0.2) is 0 Å². The minimum Gasteiger partial charge on any atom is -0.0850 e. The fourth-order valence-electron chi connectivity index (χ4n) is 2.03. The molecule has 0 unspecified atom stereocenters. The van der Waals surface area contributed by atoms with Crippen molar-refractivity contribution in [1.82, 2.24) is 0 Å². The van der Waals surface area contributed by atoms with Gasteiger partial charge in [0.2, 0.25) is 0 Å². The minimum absolute atomic E-state index is 0.805. The van der Waals surface area contributed by atoms with Gasteiger partial charge >= 0.3 is 0 Å². The van der Waals surface area contributed by atoms with Crippen LogP contribution in [-0.2, 0) is 0 Å². The lowest BCUT2D eigenvalue weighted by Crippen LogP contribution is -2.05. The topological polar surface area (TPSA) is 0 Å². The first kappa shape index (κ1) is 12.3. The van der Waals surface area contributed by atoms with Crippen LogP contribution in [-0.4, -0.2) is 0 Å². The van der Waals surface area contributed by atoms with E-state index in [-0.39, 0.29) is 0 Å². The van der Waals surface area contributed by atoms with Crippen molar-refractivity contribution in [3.8, 4) is 0 Å². The van der Waals surface area contributed by atoms with Crippen LogP contribution < -0.4 is 0 Å². The summed E-state index contributed by atoms with van der Waals surface area (Å²) in [5.74, 6) is 0.805. The lowest BCUT2D eigenvalue weighted by atomic mass is 9.85. The van der Waals surface area contributed by atoms with Gasteiger partial charge in [0.05, 0.1) is 0 Å². The van der Waals surface area contributed by atoms with Crippen molar-refractivity contribution >= 4 is 0 Å². The second-order valence-electron chi connectivity index (χ2n) is 4.99. The van der Waals surface area contributed by atoms with Gasteiger partial charge in [-0.1, -0.05) is 34.9 Å². The molecule has 15 heavy (non-hydrogen) atoms. The average molecular weight is 204 g/mol. The summed E-state index contributed by atoms with van der Waals surface area (Å²) in [5, 5.41) is 0. The van der Waals surface area contributed by atoms with Crippen molar-refractivity contribution in [1.29, 1.82) is 0 Å². The van der Waals surface area contributed by atoms with E-state index in [2.05, 4.69) is 45.9 Å². The van der Waals surface area contributed by atoms with Gasteiger partial charge in [-0.25, -0.2) is 0 Å².